The molecule has 0 atom stereocenters. The second-order valence-electron chi connectivity index (χ2n) is 4.95. The minimum atomic E-state index is -0.760. The van der Waals surface area contributed by atoms with Crippen molar-refractivity contribution in [2.75, 3.05) is 30.3 Å². The molecule has 1 aromatic rings. The Hall–Kier alpha value is -1.42. The molecule has 0 radical (unpaired) electrons. The van der Waals surface area contributed by atoms with Crippen molar-refractivity contribution in [2.45, 2.75) is 33.3 Å². The zero-order valence-electron chi connectivity index (χ0n) is 11.7. The van der Waals surface area contributed by atoms with Crippen molar-refractivity contribution in [1.82, 2.24) is 0 Å². The van der Waals surface area contributed by atoms with Crippen LogP contribution >= 0.6 is 0 Å². The van der Waals surface area contributed by atoms with Gasteiger partial charge >= 0.3 is 0 Å². The van der Waals surface area contributed by atoms with Crippen molar-refractivity contribution in [3.05, 3.63) is 18.2 Å². The van der Waals surface area contributed by atoms with E-state index >= 15 is 0 Å². The lowest BCUT2D eigenvalue weighted by Crippen LogP contribution is -2.38. The molecule has 0 aromatic heterocycles. The van der Waals surface area contributed by atoms with Gasteiger partial charge in [-0.1, -0.05) is 6.07 Å². The summed E-state index contributed by atoms with van der Waals surface area (Å²) in [5.41, 5.74) is 6.89. The molecule has 0 aliphatic heterocycles. The molecule has 0 unspecified atom stereocenters. The molecular formula is C14H24N2O2. The summed E-state index contributed by atoms with van der Waals surface area (Å²) in [6.45, 7) is 9.45. The van der Waals surface area contributed by atoms with Crippen LogP contribution in [-0.2, 0) is 0 Å². The molecule has 1 rings (SSSR count). The minimum Gasteiger partial charge on any atom is -0.492 e. The van der Waals surface area contributed by atoms with Crippen molar-refractivity contribution in [3.8, 4) is 5.75 Å². The van der Waals surface area contributed by atoms with E-state index in [4.69, 9.17) is 10.5 Å². The summed E-state index contributed by atoms with van der Waals surface area (Å²) in [6, 6.07) is 5.73. The van der Waals surface area contributed by atoms with E-state index < -0.39 is 5.60 Å². The molecule has 4 nitrogen and oxygen atoms in total. The molecule has 0 bridgehead atoms. The van der Waals surface area contributed by atoms with E-state index in [0.29, 0.717) is 24.6 Å². The van der Waals surface area contributed by atoms with Crippen LogP contribution in [0.15, 0.2) is 18.2 Å². The fourth-order valence-corrected chi connectivity index (χ4v) is 1.92. The van der Waals surface area contributed by atoms with Gasteiger partial charge in [-0.3, -0.25) is 0 Å². The van der Waals surface area contributed by atoms with Crippen molar-refractivity contribution in [1.29, 1.82) is 0 Å². The van der Waals surface area contributed by atoms with Gasteiger partial charge in [0.2, 0.25) is 0 Å². The van der Waals surface area contributed by atoms with E-state index in [9.17, 15) is 5.11 Å². The van der Waals surface area contributed by atoms with E-state index in [0.717, 1.165) is 12.2 Å². The van der Waals surface area contributed by atoms with Gasteiger partial charge in [-0.05, 0) is 39.8 Å². The van der Waals surface area contributed by atoms with Crippen LogP contribution in [0.5, 0.6) is 5.75 Å². The van der Waals surface area contributed by atoms with E-state index in [-0.39, 0.29) is 0 Å². The van der Waals surface area contributed by atoms with Crippen molar-refractivity contribution >= 4 is 11.4 Å². The van der Waals surface area contributed by atoms with Crippen molar-refractivity contribution < 1.29 is 9.84 Å². The third-order valence-electron chi connectivity index (χ3n) is 2.64. The van der Waals surface area contributed by atoms with Crippen LogP contribution < -0.4 is 15.4 Å². The van der Waals surface area contributed by atoms with Crippen LogP contribution in [-0.4, -0.2) is 30.4 Å². The van der Waals surface area contributed by atoms with E-state index in [1.54, 1.807) is 13.8 Å². The lowest BCUT2D eigenvalue weighted by molar-refractivity contribution is 0.0876. The van der Waals surface area contributed by atoms with Gasteiger partial charge in [0.1, 0.15) is 5.75 Å². The fourth-order valence-electron chi connectivity index (χ4n) is 1.92. The number of hydrogen-bond donors (Lipinski definition) is 2. The molecule has 0 amide bonds. The number of ether oxygens (including phenoxy) is 1. The number of nitrogen functional groups attached to an aromatic ring is 1. The summed E-state index contributed by atoms with van der Waals surface area (Å²) in [4.78, 5) is 2.05. The van der Waals surface area contributed by atoms with Crippen molar-refractivity contribution in [2.24, 2.45) is 0 Å². The number of rotatable bonds is 6. The molecule has 0 aliphatic rings. The molecule has 18 heavy (non-hydrogen) atoms. The Morgan fingerprint density at radius 3 is 2.50 bits per heavy atom. The number of anilines is 2. The molecule has 0 spiro atoms. The van der Waals surface area contributed by atoms with Crippen LogP contribution in [0.1, 0.15) is 27.7 Å². The van der Waals surface area contributed by atoms with Gasteiger partial charge in [-0.2, -0.15) is 0 Å². The summed E-state index contributed by atoms with van der Waals surface area (Å²) >= 11 is 0. The Kier molecular flexibility index (Phi) is 4.84. The highest BCUT2D eigenvalue weighted by atomic mass is 16.5. The molecule has 3 N–H and O–H groups in total. The van der Waals surface area contributed by atoms with Crippen LogP contribution in [0.3, 0.4) is 0 Å². The Balaban J connectivity index is 3.02. The zero-order chi connectivity index (χ0) is 13.8. The SMILES string of the molecule is CCOc1cccc(N(CC)CC(C)(C)O)c1N. The number of para-hydroxylation sites is 1. The number of benzene rings is 1. The topological polar surface area (TPSA) is 58.7 Å². The number of nitrogens with two attached hydrogens (primary N) is 1. The predicted molar refractivity (Wildman–Crippen MR) is 76.2 cm³/mol. The summed E-state index contributed by atoms with van der Waals surface area (Å²) in [5, 5.41) is 9.93. The zero-order valence-corrected chi connectivity index (χ0v) is 11.7. The maximum Gasteiger partial charge on any atom is 0.144 e. The van der Waals surface area contributed by atoms with Gasteiger partial charge < -0.3 is 20.5 Å². The average molecular weight is 252 g/mol. The number of nitrogens with zero attached hydrogens (tertiary/aromatic N) is 1. The smallest absolute Gasteiger partial charge is 0.144 e. The average Bonchev–Trinajstić information content (AvgIpc) is 2.28. The van der Waals surface area contributed by atoms with Crippen LogP contribution in [0.2, 0.25) is 0 Å². The molecule has 0 fully saturated rings. The third-order valence-corrected chi connectivity index (χ3v) is 2.64. The fraction of sp³-hybridized carbons (Fsp3) is 0.571. The second kappa shape index (κ2) is 5.96. The molecule has 0 aliphatic carbocycles. The molecular weight excluding hydrogens is 228 g/mol. The Morgan fingerprint density at radius 1 is 1.33 bits per heavy atom. The summed E-state index contributed by atoms with van der Waals surface area (Å²) in [7, 11) is 0. The van der Waals surface area contributed by atoms with E-state index in [2.05, 4.69) is 4.90 Å². The first kappa shape index (κ1) is 14.6. The lowest BCUT2D eigenvalue weighted by atomic mass is 10.1. The molecule has 0 saturated heterocycles. The third kappa shape index (κ3) is 3.81. The number of hydrogen-bond acceptors (Lipinski definition) is 4. The predicted octanol–water partition coefficient (Wildman–Crippen LogP) is 2.26. The first-order valence-electron chi connectivity index (χ1n) is 6.37. The lowest BCUT2D eigenvalue weighted by Gasteiger charge is -2.31. The molecule has 0 heterocycles. The first-order valence-corrected chi connectivity index (χ1v) is 6.37. The molecule has 4 heteroatoms. The summed E-state index contributed by atoms with van der Waals surface area (Å²) < 4.78 is 5.49. The Bertz CT molecular complexity index is 386. The molecule has 0 saturated carbocycles. The maximum atomic E-state index is 9.93. The maximum absolute atomic E-state index is 9.93. The minimum absolute atomic E-state index is 0.531. The second-order valence-corrected chi connectivity index (χ2v) is 4.95. The van der Waals surface area contributed by atoms with Gasteiger partial charge in [0, 0.05) is 13.1 Å². The van der Waals surface area contributed by atoms with Crippen molar-refractivity contribution in [3.63, 3.8) is 0 Å². The number of likely N-dealkylation sites (N-methyl/N-ethyl adjacent to an activating group) is 1. The van der Waals surface area contributed by atoms with Gasteiger partial charge in [0.25, 0.3) is 0 Å². The Morgan fingerprint density at radius 2 is 2.00 bits per heavy atom. The standard InChI is InChI=1S/C14H24N2O2/c1-5-16(10-14(3,4)17)11-8-7-9-12(13(11)15)18-6-2/h7-9,17H,5-6,10,15H2,1-4H3. The Labute approximate surface area is 109 Å². The van der Waals surface area contributed by atoms with Crippen LogP contribution in [0, 0.1) is 0 Å². The molecule has 102 valence electrons. The first-order chi connectivity index (χ1) is 8.39. The summed E-state index contributed by atoms with van der Waals surface area (Å²) in [5.74, 6) is 0.698. The largest absolute Gasteiger partial charge is 0.492 e. The normalized spacial score (nSPS) is 11.4. The van der Waals surface area contributed by atoms with Gasteiger partial charge in [0.05, 0.1) is 23.6 Å². The summed E-state index contributed by atoms with van der Waals surface area (Å²) in [6.07, 6.45) is 0. The van der Waals surface area contributed by atoms with E-state index in [1.165, 1.54) is 0 Å². The van der Waals surface area contributed by atoms with Gasteiger partial charge in [0.15, 0.2) is 0 Å². The molecule has 1 aromatic carbocycles. The highest BCUT2D eigenvalue weighted by molar-refractivity contribution is 5.74. The van der Waals surface area contributed by atoms with Crippen LogP contribution in [0.25, 0.3) is 0 Å². The number of aliphatic hydroxyl groups is 1. The quantitative estimate of drug-likeness (QED) is 0.762. The highest BCUT2D eigenvalue weighted by Crippen LogP contribution is 2.32. The van der Waals surface area contributed by atoms with Crippen LogP contribution in [0.4, 0.5) is 11.4 Å². The van der Waals surface area contributed by atoms with Gasteiger partial charge in [-0.25, -0.2) is 0 Å². The van der Waals surface area contributed by atoms with Gasteiger partial charge in [-0.15, -0.1) is 0 Å². The highest BCUT2D eigenvalue weighted by Gasteiger charge is 2.20. The van der Waals surface area contributed by atoms with E-state index in [1.807, 2.05) is 32.0 Å². The monoisotopic (exact) mass is 252 g/mol.